The Labute approximate surface area is 152 Å². The second-order valence-corrected chi connectivity index (χ2v) is 9.18. The van der Waals surface area contributed by atoms with Crippen LogP contribution in [-0.2, 0) is 15.6 Å². The second kappa shape index (κ2) is 7.23. The van der Waals surface area contributed by atoms with E-state index in [1.54, 1.807) is 12.2 Å². The number of phenolic OH excluding ortho intramolecular Hbond substituents is 1. The molecule has 1 aliphatic heterocycles. The number of hydrogen-bond donors (Lipinski definition) is 1. The summed E-state index contributed by atoms with van der Waals surface area (Å²) in [6.07, 6.45) is 6.75. The molecule has 3 heteroatoms. The summed E-state index contributed by atoms with van der Waals surface area (Å²) in [5.74, 6) is 0.320. The van der Waals surface area contributed by atoms with Crippen molar-refractivity contribution in [1.29, 1.82) is 0 Å². The highest BCUT2D eigenvalue weighted by atomic mass is 16.3. The topological polar surface area (TPSA) is 40.5 Å². The van der Waals surface area contributed by atoms with E-state index in [1.807, 2.05) is 11.0 Å². The van der Waals surface area contributed by atoms with Gasteiger partial charge in [0.2, 0.25) is 5.91 Å². The van der Waals surface area contributed by atoms with Crippen molar-refractivity contribution in [3.8, 4) is 5.75 Å². The Morgan fingerprint density at radius 2 is 1.60 bits per heavy atom. The smallest absolute Gasteiger partial charge is 0.246 e. The maximum atomic E-state index is 12.4. The summed E-state index contributed by atoms with van der Waals surface area (Å²) in [4.78, 5) is 14.3. The number of phenols is 1. The van der Waals surface area contributed by atoms with E-state index in [1.165, 1.54) is 12.0 Å². The van der Waals surface area contributed by atoms with Gasteiger partial charge in [0.1, 0.15) is 5.75 Å². The number of benzene rings is 1. The van der Waals surface area contributed by atoms with Gasteiger partial charge in [-0.15, -0.1) is 0 Å². The zero-order valence-corrected chi connectivity index (χ0v) is 16.6. The van der Waals surface area contributed by atoms with E-state index in [0.29, 0.717) is 0 Å². The number of aromatic hydroxyl groups is 1. The Morgan fingerprint density at radius 1 is 1.00 bits per heavy atom. The molecule has 0 radical (unpaired) electrons. The monoisotopic (exact) mass is 343 g/mol. The molecule has 3 nitrogen and oxygen atoms in total. The largest absolute Gasteiger partial charge is 0.507 e. The maximum absolute atomic E-state index is 12.4. The Morgan fingerprint density at radius 3 is 2.12 bits per heavy atom. The Balaban J connectivity index is 2.38. The number of carbonyl (C=O) groups excluding carboxylic acids is 1. The van der Waals surface area contributed by atoms with Crippen molar-refractivity contribution in [2.45, 2.75) is 71.6 Å². The van der Waals surface area contributed by atoms with Crippen LogP contribution in [0.15, 0.2) is 18.2 Å². The minimum absolute atomic E-state index is 0.0207. The van der Waals surface area contributed by atoms with Crippen LogP contribution in [0.4, 0.5) is 0 Å². The summed E-state index contributed by atoms with van der Waals surface area (Å²) in [5.41, 5.74) is 2.63. The van der Waals surface area contributed by atoms with E-state index in [0.717, 1.165) is 37.1 Å². The first-order chi connectivity index (χ1) is 11.5. The fraction of sp³-hybridized carbons (Fsp3) is 0.591. The van der Waals surface area contributed by atoms with Gasteiger partial charge in [0.25, 0.3) is 0 Å². The van der Waals surface area contributed by atoms with E-state index < -0.39 is 0 Å². The quantitative estimate of drug-likeness (QED) is 0.767. The zero-order valence-electron chi connectivity index (χ0n) is 16.6. The van der Waals surface area contributed by atoms with Crippen LogP contribution in [0.25, 0.3) is 6.08 Å². The zero-order chi connectivity index (χ0) is 18.8. The van der Waals surface area contributed by atoms with E-state index in [-0.39, 0.29) is 22.5 Å². The van der Waals surface area contributed by atoms with Gasteiger partial charge in [-0.25, -0.2) is 0 Å². The van der Waals surface area contributed by atoms with Crippen molar-refractivity contribution in [2.75, 3.05) is 13.1 Å². The summed E-state index contributed by atoms with van der Waals surface area (Å²) in [5, 5.41) is 10.8. The minimum atomic E-state index is -0.162. The molecule has 138 valence electrons. The standard InChI is InChI=1S/C22H33NO2/c1-21(2,3)17-14-16(20(25)18(15-17)22(4,5)6)10-11-19(24)23-12-8-7-9-13-23/h10-11,14-15,25H,7-9,12-13H2,1-6H3/b11-10+. The summed E-state index contributed by atoms with van der Waals surface area (Å²) < 4.78 is 0. The van der Waals surface area contributed by atoms with Gasteiger partial charge in [0, 0.05) is 30.3 Å². The van der Waals surface area contributed by atoms with Gasteiger partial charge in [-0.05, 0) is 47.8 Å². The third kappa shape index (κ3) is 4.87. The molecule has 0 saturated carbocycles. The summed E-state index contributed by atoms with van der Waals surface area (Å²) >= 11 is 0. The van der Waals surface area contributed by atoms with Crippen LogP contribution in [-0.4, -0.2) is 29.0 Å². The molecule has 1 fully saturated rings. The number of piperidine rings is 1. The van der Waals surface area contributed by atoms with Crippen LogP contribution in [0.5, 0.6) is 5.75 Å². The highest BCUT2D eigenvalue weighted by Gasteiger charge is 2.24. The van der Waals surface area contributed by atoms with E-state index in [2.05, 4.69) is 47.6 Å². The van der Waals surface area contributed by atoms with Gasteiger partial charge in [-0.1, -0.05) is 47.6 Å². The lowest BCUT2D eigenvalue weighted by Gasteiger charge is -2.27. The Bertz CT molecular complexity index is 654. The molecule has 1 aromatic rings. The van der Waals surface area contributed by atoms with Crippen LogP contribution < -0.4 is 0 Å². The first-order valence-electron chi connectivity index (χ1n) is 9.35. The van der Waals surface area contributed by atoms with E-state index >= 15 is 0 Å². The van der Waals surface area contributed by atoms with Crippen LogP contribution >= 0.6 is 0 Å². The SMILES string of the molecule is CC(C)(C)c1cc(/C=C/C(=O)N2CCCCC2)c(O)c(C(C)(C)C)c1. The average Bonchev–Trinajstić information content (AvgIpc) is 2.52. The second-order valence-electron chi connectivity index (χ2n) is 9.18. The first-order valence-corrected chi connectivity index (χ1v) is 9.35. The number of amides is 1. The van der Waals surface area contributed by atoms with E-state index in [9.17, 15) is 9.90 Å². The van der Waals surface area contributed by atoms with Crippen molar-refractivity contribution in [3.05, 3.63) is 34.9 Å². The lowest BCUT2D eigenvalue weighted by molar-refractivity contribution is -0.126. The molecule has 1 saturated heterocycles. The fourth-order valence-corrected chi connectivity index (χ4v) is 3.17. The average molecular weight is 344 g/mol. The van der Waals surface area contributed by atoms with Gasteiger partial charge in [0.15, 0.2) is 0 Å². The number of rotatable bonds is 2. The lowest BCUT2D eigenvalue weighted by Crippen LogP contribution is -2.34. The van der Waals surface area contributed by atoms with Crippen LogP contribution in [0.3, 0.4) is 0 Å². The van der Waals surface area contributed by atoms with Crippen molar-refractivity contribution >= 4 is 12.0 Å². The molecule has 1 amide bonds. The Kier molecular flexibility index (Phi) is 5.65. The fourth-order valence-electron chi connectivity index (χ4n) is 3.17. The molecular formula is C22H33NO2. The highest BCUT2D eigenvalue weighted by Crippen LogP contribution is 2.38. The first kappa shape index (κ1) is 19.6. The third-order valence-corrected chi connectivity index (χ3v) is 4.89. The molecule has 0 spiro atoms. The molecular weight excluding hydrogens is 310 g/mol. The van der Waals surface area contributed by atoms with Gasteiger partial charge in [-0.2, -0.15) is 0 Å². The van der Waals surface area contributed by atoms with Crippen molar-refractivity contribution in [2.24, 2.45) is 0 Å². The Hall–Kier alpha value is -1.77. The normalized spacial score (nSPS) is 16.5. The number of likely N-dealkylation sites (tertiary alicyclic amines) is 1. The highest BCUT2D eigenvalue weighted by molar-refractivity contribution is 5.92. The lowest BCUT2D eigenvalue weighted by atomic mass is 9.79. The minimum Gasteiger partial charge on any atom is -0.507 e. The maximum Gasteiger partial charge on any atom is 0.246 e. The molecule has 0 aromatic heterocycles. The molecule has 1 aromatic carbocycles. The van der Waals surface area contributed by atoms with Gasteiger partial charge >= 0.3 is 0 Å². The number of nitrogens with zero attached hydrogens (tertiary/aromatic N) is 1. The van der Waals surface area contributed by atoms with Crippen molar-refractivity contribution in [1.82, 2.24) is 4.90 Å². The summed E-state index contributed by atoms with van der Waals surface area (Å²) in [6.45, 7) is 14.5. The molecule has 1 heterocycles. The molecule has 25 heavy (non-hydrogen) atoms. The van der Waals surface area contributed by atoms with Crippen LogP contribution in [0.1, 0.15) is 77.5 Å². The number of hydrogen-bond acceptors (Lipinski definition) is 2. The molecule has 0 atom stereocenters. The number of carbonyl (C=O) groups is 1. The predicted molar refractivity (Wildman–Crippen MR) is 105 cm³/mol. The van der Waals surface area contributed by atoms with Gasteiger partial charge < -0.3 is 10.0 Å². The molecule has 0 bridgehead atoms. The summed E-state index contributed by atoms with van der Waals surface area (Å²) in [7, 11) is 0. The molecule has 1 aliphatic rings. The molecule has 0 aliphatic carbocycles. The molecule has 1 N–H and O–H groups in total. The van der Waals surface area contributed by atoms with E-state index in [4.69, 9.17) is 0 Å². The van der Waals surface area contributed by atoms with Crippen molar-refractivity contribution in [3.63, 3.8) is 0 Å². The summed E-state index contributed by atoms with van der Waals surface area (Å²) in [6, 6.07) is 4.10. The van der Waals surface area contributed by atoms with Crippen LogP contribution in [0, 0.1) is 0 Å². The predicted octanol–water partition coefficient (Wildman–Crippen LogP) is 5.01. The van der Waals surface area contributed by atoms with Crippen molar-refractivity contribution < 1.29 is 9.90 Å². The molecule has 2 rings (SSSR count). The van der Waals surface area contributed by atoms with Crippen LogP contribution in [0.2, 0.25) is 0 Å². The van der Waals surface area contributed by atoms with Gasteiger partial charge in [-0.3, -0.25) is 4.79 Å². The van der Waals surface area contributed by atoms with Gasteiger partial charge in [0.05, 0.1) is 0 Å². The third-order valence-electron chi connectivity index (χ3n) is 4.89. The molecule has 0 unspecified atom stereocenters.